The van der Waals surface area contributed by atoms with Crippen molar-refractivity contribution < 1.29 is 9.21 Å². The van der Waals surface area contributed by atoms with Gasteiger partial charge in [0.25, 0.3) is 0 Å². The number of likely N-dealkylation sites (tertiary alicyclic amines) is 1. The highest BCUT2D eigenvalue weighted by Gasteiger charge is 2.27. The Kier molecular flexibility index (Phi) is 5.08. The first-order valence-electron chi connectivity index (χ1n) is 8.07. The third-order valence-electron chi connectivity index (χ3n) is 4.32. The molecule has 2 aromatic heterocycles. The van der Waals surface area contributed by atoms with Crippen LogP contribution in [0.1, 0.15) is 17.5 Å². The second-order valence-corrected chi connectivity index (χ2v) is 6.36. The lowest BCUT2D eigenvalue weighted by molar-refractivity contribution is -0.129. The zero-order valence-electron chi connectivity index (χ0n) is 13.5. The SMILES string of the molecule is CN(Cc1cccnc1)C[C@@H]1CCN(C(=O)Cc2ccoc2)C1. The monoisotopic (exact) mass is 313 g/mol. The summed E-state index contributed by atoms with van der Waals surface area (Å²) in [7, 11) is 2.13. The molecule has 3 rings (SSSR count). The molecule has 0 N–H and O–H groups in total. The molecule has 1 saturated heterocycles. The van der Waals surface area contributed by atoms with E-state index in [0.29, 0.717) is 12.3 Å². The maximum absolute atomic E-state index is 12.3. The largest absolute Gasteiger partial charge is 0.472 e. The summed E-state index contributed by atoms with van der Waals surface area (Å²) in [5.41, 5.74) is 2.17. The quantitative estimate of drug-likeness (QED) is 0.820. The van der Waals surface area contributed by atoms with Gasteiger partial charge < -0.3 is 14.2 Å². The van der Waals surface area contributed by atoms with Crippen molar-refractivity contribution in [1.82, 2.24) is 14.8 Å². The molecule has 0 radical (unpaired) electrons. The minimum absolute atomic E-state index is 0.198. The van der Waals surface area contributed by atoms with Gasteiger partial charge in [-0.25, -0.2) is 0 Å². The first-order valence-corrected chi connectivity index (χ1v) is 8.07. The van der Waals surface area contributed by atoms with Crippen LogP contribution in [-0.2, 0) is 17.8 Å². The fourth-order valence-electron chi connectivity index (χ4n) is 3.20. The average Bonchev–Trinajstić information content (AvgIpc) is 3.20. The number of hydrogen-bond acceptors (Lipinski definition) is 4. The van der Waals surface area contributed by atoms with Crippen LogP contribution < -0.4 is 0 Å². The molecule has 1 aliphatic heterocycles. The van der Waals surface area contributed by atoms with Gasteiger partial charge in [0.15, 0.2) is 0 Å². The molecular weight excluding hydrogens is 290 g/mol. The number of pyridine rings is 1. The second-order valence-electron chi connectivity index (χ2n) is 6.36. The van der Waals surface area contributed by atoms with E-state index in [4.69, 9.17) is 4.42 Å². The maximum atomic E-state index is 12.3. The summed E-state index contributed by atoms with van der Waals surface area (Å²) in [5.74, 6) is 0.744. The average molecular weight is 313 g/mol. The summed E-state index contributed by atoms with van der Waals surface area (Å²) < 4.78 is 5.03. The van der Waals surface area contributed by atoms with Crippen LogP contribution in [0, 0.1) is 5.92 Å². The standard InChI is InChI=1S/C18H23N3O2/c1-20(11-16-3-2-6-19-10-16)12-17-4-7-21(13-17)18(22)9-15-5-8-23-14-15/h2-3,5-6,8,10,14,17H,4,7,9,11-13H2,1H3/t17-/m0/s1. The Labute approximate surface area is 136 Å². The van der Waals surface area contributed by atoms with Crippen molar-refractivity contribution in [3.63, 3.8) is 0 Å². The van der Waals surface area contributed by atoms with Gasteiger partial charge in [0, 0.05) is 38.6 Å². The Morgan fingerprint density at radius 3 is 3.09 bits per heavy atom. The van der Waals surface area contributed by atoms with Crippen molar-refractivity contribution in [1.29, 1.82) is 0 Å². The third-order valence-corrected chi connectivity index (χ3v) is 4.32. The molecular formula is C18H23N3O2. The molecule has 0 aliphatic carbocycles. The summed E-state index contributed by atoms with van der Waals surface area (Å²) in [4.78, 5) is 20.7. The number of furan rings is 1. The van der Waals surface area contributed by atoms with Gasteiger partial charge in [-0.2, -0.15) is 0 Å². The van der Waals surface area contributed by atoms with Crippen molar-refractivity contribution in [3.05, 3.63) is 54.2 Å². The molecule has 5 nitrogen and oxygen atoms in total. The summed E-state index contributed by atoms with van der Waals surface area (Å²) in [5, 5.41) is 0. The molecule has 23 heavy (non-hydrogen) atoms. The lowest BCUT2D eigenvalue weighted by Gasteiger charge is -2.21. The van der Waals surface area contributed by atoms with E-state index in [1.165, 1.54) is 5.56 Å². The van der Waals surface area contributed by atoms with Crippen LogP contribution >= 0.6 is 0 Å². The normalized spacial score (nSPS) is 17.8. The molecule has 1 amide bonds. The van der Waals surface area contributed by atoms with E-state index in [2.05, 4.69) is 23.0 Å². The zero-order chi connectivity index (χ0) is 16.1. The molecule has 122 valence electrons. The summed E-state index contributed by atoms with van der Waals surface area (Å²) >= 11 is 0. The smallest absolute Gasteiger partial charge is 0.227 e. The highest BCUT2D eigenvalue weighted by molar-refractivity contribution is 5.78. The van der Waals surface area contributed by atoms with Crippen LogP contribution in [0.4, 0.5) is 0 Å². The molecule has 0 bridgehead atoms. The lowest BCUT2D eigenvalue weighted by Crippen LogP contribution is -2.32. The Hall–Kier alpha value is -2.14. The Balaban J connectivity index is 1.45. The van der Waals surface area contributed by atoms with E-state index in [1.54, 1.807) is 18.7 Å². The Morgan fingerprint density at radius 1 is 1.43 bits per heavy atom. The van der Waals surface area contributed by atoms with Crippen LogP contribution in [-0.4, -0.2) is 47.4 Å². The van der Waals surface area contributed by atoms with E-state index in [9.17, 15) is 4.79 Å². The summed E-state index contributed by atoms with van der Waals surface area (Å²) in [6, 6.07) is 5.92. The van der Waals surface area contributed by atoms with Crippen molar-refractivity contribution in [2.45, 2.75) is 19.4 Å². The number of nitrogens with zero attached hydrogens (tertiary/aromatic N) is 3. The first-order chi connectivity index (χ1) is 11.2. The highest BCUT2D eigenvalue weighted by atomic mass is 16.3. The topological polar surface area (TPSA) is 49.6 Å². The van der Waals surface area contributed by atoms with Crippen molar-refractivity contribution in [3.8, 4) is 0 Å². The van der Waals surface area contributed by atoms with Crippen LogP contribution in [0.2, 0.25) is 0 Å². The van der Waals surface area contributed by atoms with Gasteiger partial charge in [-0.1, -0.05) is 6.07 Å². The van der Waals surface area contributed by atoms with Gasteiger partial charge in [0.05, 0.1) is 18.9 Å². The predicted molar refractivity (Wildman–Crippen MR) is 87.7 cm³/mol. The van der Waals surface area contributed by atoms with E-state index < -0.39 is 0 Å². The third kappa shape index (κ3) is 4.42. The zero-order valence-corrected chi connectivity index (χ0v) is 13.5. The van der Waals surface area contributed by atoms with Gasteiger partial charge in [-0.05, 0) is 42.6 Å². The molecule has 1 fully saturated rings. The first kappa shape index (κ1) is 15.7. The number of rotatable bonds is 6. The second kappa shape index (κ2) is 7.42. The number of carbonyl (C=O) groups is 1. The van der Waals surface area contributed by atoms with Crippen molar-refractivity contribution in [2.24, 2.45) is 5.92 Å². The molecule has 2 aromatic rings. The van der Waals surface area contributed by atoms with Crippen molar-refractivity contribution in [2.75, 3.05) is 26.7 Å². The lowest BCUT2D eigenvalue weighted by atomic mass is 10.1. The molecule has 0 spiro atoms. The van der Waals surface area contributed by atoms with E-state index in [0.717, 1.165) is 38.2 Å². The molecule has 5 heteroatoms. The fraction of sp³-hybridized carbons (Fsp3) is 0.444. The van der Waals surface area contributed by atoms with E-state index in [1.807, 2.05) is 23.2 Å². The van der Waals surface area contributed by atoms with Crippen LogP contribution in [0.15, 0.2) is 47.5 Å². The number of amides is 1. The fourth-order valence-corrected chi connectivity index (χ4v) is 3.20. The van der Waals surface area contributed by atoms with Gasteiger partial charge in [0.2, 0.25) is 5.91 Å². The number of aromatic nitrogens is 1. The van der Waals surface area contributed by atoms with Gasteiger partial charge in [0.1, 0.15) is 0 Å². The summed E-state index contributed by atoms with van der Waals surface area (Å²) in [6.07, 6.45) is 8.48. The molecule has 0 aromatic carbocycles. The summed E-state index contributed by atoms with van der Waals surface area (Å²) in [6.45, 7) is 3.62. The molecule has 0 unspecified atom stereocenters. The molecule has 3 heterocycles. The predicted octanol–water partition coefficient (Wildman–Crippen LogP) is 2.20. The minimum Gasteiger partial charge on any atom is -0.472 e. The van der Waals surface area contributed by atoms with Gasteiger partial charge in [-0.15, -0.1) is 0 Å². The Bertz CT molecular complexity index is 612. The minimum atomic E-state index is 0.198. The van der Waals surface area contributed by atoms with Gasteiger partial charge in [-0.3, -0.25) is 9.78 Å². The molecule has 1 aliphatic rings. The van der Waals surface area contributed by atoms with E-state index in [-0.39, 0.29) is 5.91 Å². The molecule has 1 atom stereocenters. The van der Waals surface area contributed by atoms with Crippen LogP contribution in [0.3, 0.4) is 0 Å². The molecule has 0 saturated carbocycles. The maximum Gasteiger partial charge on any atom is 0.227 e. The Morgan fingerprint density at radius 2 is 2.35 bits per heavy atom. The number of carbonyl (C=O) groups excluding carboxylic acids is 1. The van der Waals surface area contributed by atoms with E-state index >= 15 is 0 Å². The van der Waals surface area contributed by atoms with Crippen LogP contribution in [0.5, 0.6) is 0 Å². The number of hydrogen-bond donors (Lipinski definition) is 0. The van der Waals surface area contributed by atoms with Gasteiger partial charge >= 0.3 is 0 Å². The van der Waals surface area contributed by atoms with Crippen molar-refractivity contribution >= 4 is 5.91 Å². The van der Waals surface area contributed by atoms with Crippen LogP contribution in [0.25, 0.3) is 0 Å². The highest BCUT2D eigenvalue weighted by Crippen LogP contribution is 2.19.